The number of methoxy groups -OCH3 is 1. The molecule has 0 aliphatic carbocycles. The second-order valence-electron chi connectivity index (χ2n) is 6.71. The minimum Gasteiger partial charge on any atom is -0.469 e. The number of rotatable bonds is 4. The fourth-order valence-corrected chi connectivity index (χ4v) is 3.32. The number of aromatic nitrogens is 1. The molecule has 1 saturated heterocycles. The van der Waals surface area contributed by atoms with Crippen molar-refractivity contribution in [2.24, 2.45) is 5.41 Å². The maximum Gasteiger partial charge on any atom is 0.317 e. The van der Waals surface area contributed by atoms with Gasteiger partial charge in [0, 0.05) is 36.7 Å². The number of nitrogens with zero attached hydrogens (tertiary/aromatic N) is 1. The van der Waals surface area contributed by atoms with Gasteiger partial charge in [-0.05, 0) is 43.5 Å². The van der Waals surface area contributed by atoms with Crippen molar-refractivity contribution in [1.29, 1.82) is 0 Å². The predicted octanol–water partition coefficient (Wildman–Crippen LogP) is 2.44. The summed E-state index contributed by atoms with van der Waals surface area (Å²) in [4.78, 5) is 28.8. The van der Waals surface area contributed by atoms with Gasteiger partial charge in [0.2, 0.25) is 0 Å². The van der Waals surface area contributed by atoms with Crippen LogP contribution in [0.1, 0.15) is 18.9 Å². The highest BCUT2D eigenvalue weighted by atomic mass is 19.1. The first-order chi connectivity index (χ1) is 11.9. The monoisotopic (exact) mass is 347 g/mol. The van der Waals surface area contributed by atoms with Crippen molar-refractivity contribution in [3.63, 3.8) is 0 Å². The minimum absolute atomic E-state index is 0.196. The Balaban J connectivity index is 1.54. The molecule has 7 heteroatoms. The third-order valence-corrected chi connectivity index (χ3v) is 4.84. The lowest BCUT2D eigenvalue weighted by atomic mass is 9.90. The van der Waals surface area contributed by atoms with Crippen LogP contribution >= 0.6 is 0 Å². The quantitative estimate of drug-likeness (QED) is 0.834. The second-order valence-corrected chi connectivity index (χ2v) is 6.71. The van der Waals surface area contributed by atoms with Gasteiger partial charge in [-0.25, -0.2) is 9.18 Å². The molecule has 134 valence electrons. The summed E-state index contributed by atoms with van der Waals surface area (Å²) in [6, 6.07) is 4.41. The first-order valence-corrected chi connectivity index (χ1v) is 8.30. The molecule has 0 spiro atoms. The topological polar surface area (TPSA) is 74.4 Å². The molecule has 3 rings (SSSR count). The number of H-pyrrole nitrogens is 1. The molecule has 1 unspecified atom stereocenters. The van der Waals surface area contributed by atoms with Crippen LogP contribution in [-0.2, 0) is 16.0 Å². The average molecular weight is 347 g/mol. The number of benzene rings is 1. The number of aromatic amines is 1. The first-order valence-electron chi connectivity index (χ1n) is 8.30. The molecule has 0 bridgehead atoms. The zero-order chi connectivity index (χ0) is 18.0. The van der Waals surface area contributed by atoms with Gasteiger partial charge in [0.05, 0.1) is 12.5 Å². The van der Waals surface area contributed by atoms with Crippen LogP contribution in [0.3, 0.4) is 0 Å². The molecule has 6 nitrogen and oxygen atoms in total. The van der Waals surface area contributed by atoms with Gasteiger partial charge in [-0.2, -0.15) is 0 Å². The van der Waals surface area contributed by atoms with Gasteiger partial charge >= 0.3 is 12.0 Å². The summed E-state index contributed by atoms with van der Waals surface area (Å²) >= 11 is 0. The molecule has 1 aliphatic heterocycles. The molecule has 1 aliphatic rings. The van der Waals surface area contributed by atoms with E-state index in [0.717, 1.165) is 16.5 Å². The Kier molecular flexibility index (Phi) is 4.65. The Bertz CT molecular complexity index is 804. The zero-order valence-electron chi connectivity index (χ0n) is 14.4. The third-order valence-electron chi connectivity index (χ3n) is 4.84. The summed E-state index contributed by atoms with van der Waals surface area (Å²) in [5.74, 6) is -0.569. The summed E-state index contributed by atoms with van der Waals surface area (Å²) < 4.78 is 18.2. The summed E-state index contributed by atoms with van der Waals surface area (Å²) in [5, 5.41) is 3.69. The van der Waals surface area contributed by atoms with Crippen molar-refractivity contribution in [2.45, 2.75) is 19.8 Å². The minimum atomic E-state index is -0.638. The number of ether oxygens (including phenoxy) is 1. The number of hydrogen-bond donors (Lipinski definition) is 2. The molecule has 2 aromatic rings. The van der Waals surface area contributed by atoms with E-state index in [9.17, 15) is 14.0 Å². The predicted molar refractivity (Wildman–Crippen MR) is 91.7 cm³/mol. The highest BCUT2D eigenvalue weighted by Crippen LogP contribution is 2.31. The van der Waals surface area contributed by atoms with E-state index in [-0.39, 0.29) is 17.8 Å². The summed E-state index contributed by atoms with van der Waals surface area (Å²) in [7, 11) is 1.36. The van der Waals surface area contributed by atoms with Crippen molar-refractivity contribution in [1.82, 2.24) is 15.2 Å². The highest BCUT2D eigenvalue weighted by Gasteiger charge is 2.42. The van der Waals surface area contributed by atoms with Gasteiger partial charge in [-0.1, -0.05) is 0 Å². The number of fused-ring (bicyclic) bond motifs is 1. The maximum atomic E-state index is 13.4. The smallest absolute Gasteiger partial charge is 0.317 e. The Morgan fingerprint density at radius 2 is 2.24 bits per heavy atom. The lowest BCUT2D eigenvalue weighted by molar-refractivity contribution is -0.150. The van der Waals surface area contributed by atoms with E-state index in [1.54, 1.807) is 11.0 Å². The van der Waals surface area contributed by atoms with Crippen LogP contribution in [0.25, 0.3) is 10.9 Å². The Morgan fingerprint density at radius 3 is 3.00 bits per heavy atom. The van der Waals surface area contributed by atoms with Gasteiger partial charge in [0.25, 0.3) is 0 Å². The van der Waals surface area contributed by atoms with E-state index in [2.05, 4.69) is 10.3 Å². The normalized spacial score (nSPS) is 20.0. The van der Waals surface area contributed by atoms with E-state index in [4.69, 9.17) is 4.74 Å². The van der Waals surface area contributed by atoms with Crippen molar-refractivity contribution < 1.29 is 18.7 Å². The number of carbonyl (C=O) groups is 2. The van der Waals surface area contributed by atoms with Crippen molar-refractivity contribution in [3.05, 3.63) is 35.8 Å². The molecule has 1 aromatic carbocycles. The zero-order valence-corrected chi connectivity index (χ0v) is 14.4. The van der Waals surface area contributed by atoms with Crippen molar-refractivity contribution >= 4 is 22.9 Å². The van der Waals surface area contributed by atoms with Crippen LogP contribution in [0, 0.1) is 11.2 Å². The number of urea groups is 1. The van der Waals surface area contributed by atoms with E-state index < -0.39 is 5.41 Å². The van der Waals surface area contributed by atoms with Crippen LogP contribution in [-0.4, -0.2) is 48.6 Å². The lowest BCUT2D eigenvalue weighted by Crippen LogP contribution is -2.41. The van der Waals surface area contributed by atoms with E-state index in [1.165, 1.54) is 19.2 Å². The van der Waals surface area contributed by atoms with E-state index >= 15 is 0 Å². The van der Waals surface area contributed by atoms with Crippen LogP contribution in [0.15, 0.2) is 24.4 Å². The molecule has 2 amide bonds. The Hall–Kier alpha value is -2.57. The lowest BCUT2D eigenvalue weighted by Gasteiger charge is -2.22. The van der Waals surface area contributed by atoms with Gasteiger partial charge < -0.3 is 19.9 Å². The van der Waals surface area contributed by atoms with Gasteiger partial charge in [-0.15, -0.1) is 0 Å². The number of carbonyl (C=O) groups excluding carboxylic acids is 2. The molecular weight excluding hydrogens is 325 g/mol. The SMILES string of the molecule is COC(=O)C1(C)CCN(C(=O)NCCc2c[nH]c3ccc(F)cc23)C1. The molecular formula is C18H22FN3O3. The van der Waals surface area contributed by atoms with E-state index in [0.29, 0.717) is 32.5 Å². The number of halogens is 1. The number of amides is 2. The Morgan fingerprint density at radius 1 is 1.44 bits per heavy atom. The van der Waals surface area contributed by atoms with Gasteiger partial charge in [-0.3, -0.25) is 4.79 Å². The second kappa shape index (κ2) is 6.74. The van der Waals surface area contributed by atoms with Crippen LogP contribution in [0.2, 0.25) is 0 Å². The molecule has 1 aromatic heterocycles. The molecule has 2 heterocycles. The molecule has 1 fully saturated rings. The number of likely N-dealkylation sites (tertiary alicyclic amines) is 1. The highest BCUT2D eigenvalue weighted by molar-refractivity contribution is 5.83. The fourth-order valence-electron chi connectivity index (χ4n) is 3.32. The van der Waals surface area contributed by atoms with Crippen LogP contribution < -0.4 is 5.32 Å². The number of esters is 1. The molecule has 0 saturated carbocycles. The number of nitrogens with one attached hydrogen (secondary N) is 2. The third kappa shape index (κ3) is 3.45. The van der Waals surface area contributed by atoms with Crippen LogP contribution in [0.4, 0.5) is 9.18 Å². The van der Waals surface area contributed by atoms with Crippen LogP contribution in [0.5, 0.6) is 0 Å². The van der Waals surface area contributed by atoms with Gasteiger partial charge in [0.15, 0.2) is 0 Å². The molecule has 25 heavy (non-hydrogen) atoms. The largest absolute Gasteiger partial charge is 0.469 e. The summed E-state index contributed by atoms with van der Waals surface area (Å²) in [6.07, 6.45) is 3.02. The Labute approximate surface area is 145 Å². The molecule has 0 radical (unpaired) electrons. The average Bonchev–Trinajstić information content (AvgIpc) is 3.19. The summed E-state index contributed by atoms with van der Waals surface area (Å²) in [6.45, 7) is 3.12. The standard InChI is InChI=1S/C18H22FN3O3/c1-18(16(23)25-2)6-8-22(11-18)17(24)20-7-5-12-10-21-15-4-3-13(19)9-14(12)15/h3-4,9-10,21H,5-8,11H2,1-2H3,(H,20,24). The maximum absolute atomic E-state index is 13.4. The summed E-state index contributed by atoms with van der Waals surface area (Å²) in [5.41, 5.74) is 1.19. The van der Waals surface area contributed by atoms with Crippen molar-refractivity contribution in [3.8, 4) is 0 Å². The number of hydrogen-bond acceptors (Lipinski definition) is 3. The molecule has 2 N–H and O–H groups in total. The first kappa shape index (κ1) is 17.3. The molecule has 1 atom stereocenters. The van der Waals surface area contributed by atoms with E-state index in [1.807, 2.05) is 13.1 Å². The fraction of sp³-hybridized carbons (Fsp3) is 0.444. The van der Waals surface area contributed by atoms with Gasteiger partial charge in [0.1, 0.15) is 5.82 Å². The van der Waals surface area contributed by atoms with Crippen molar-refractivity contribution in [2.75, 3.05) is 26.7 Å².